The molecule has 98 valence electrons. The van der Waals surface area contributed by atoms with Crippen LogP contribution in [0, 0.1) is 17.0 Å². The van der Waals surface area contributed by atoms with Crippen molar-refractivity contribution in [3.63, 3.8) is 0 Å². The second-order valence-electron chi connectivity index (χ2n) is 3.83. The topological polar surface area (TPSA) is 72.2 Å². The van der Waals surface area contributed by atoms with Crippen LogP contribution in [-0.4, -0.2) is 10.8 Å². The van der Waals surface area contributed by atoms with Crippen molar-refractivity contribution in [3.05, 3.63) is 54.7 Å². The number of rotatable bonds is 3. The predicted octanol–water partition coefficient (Wildman–Crippen LogP) is 3.98. The van der Waals surface area contributed by atoms with Crippen molar-refractivity contribution in [3.8, 4) is 0 Å². The van der Waals surface area contributed by atoms with Crippen LogP contribution >= 0.6 is 27.3 Å². The zero-order valence-corrected chi connectivity index (χ0v) is 12.2. The quantitative estimate of drug-likeness (QED) is 0.678. The summed E-state index contributed by atoms with van der Waals surface area (Å²) in [5.74, 6) is -0.365. The second kappa shape index (κ2) is 5.50. The highest BCUT2D eigenvalue weighted by atomic mass is 79.9. The summed E-state index contributed by atoms with van der Waals surface area (Å²) in [4.78, 5) is 22.9. The Bertz CT molecular complexity index is 654. The summed E-state index contributed by atoms with van der Waals surface area (Å²) in [6.07, 6.45) is 0. The number of benzene rings is 1. The fourth-order valence-electron chi connectivity index (χ4n) is 1.54. The van der Waals surface area contributed by atoms with Crippen LogP contribution in [-0.2, 0) is 0 Å². The minimum atomic E-state index is -0.515. The third-order valence-corrected chi connectivity index (χ3v) is 4.26. The summed E-state index contributed by atoms with van der Waals surface area (Å²) in [7, 11) is 0. The number of hydrogen-bond acceptors (Lipinski definition) is 4. The van der Waals surface area contributed by atoms with Crippen molar-refractivity contribution in [2.75, 3.05) is 5.32 Å². The fourth-order valence-corrected chi connectivity index (χ4v) is 2.99. The third kappa shape index (κ3) is 2.99. The molecule has 0 spiro atoms. The van der Waals surface area contributed by atoms with Gasteiger partial charge in [0.2, 0.25) is 0 Å². The standard InChI is InChI=1S/C12H9BrN2O3S/c1-7-2-3-10(15(17)18)9(6-7)14-12(16)11-8(13)4-5-19-11/h2-6H,1H3,(H,14,16). The van der Waals surface area contributed by atoms with Crippen molar-refractivity contribution < 1.29 is 9.72 Å². The first-order valence-corrected chi connectivity index (χ1v) is 6.95. The van der Waals surface area contributed by atoms with E-state index >= 15 is 0 Å². The van der Waals surface area contributed by atoms with Crippen LogP contribution in [0.1, 0.15) is 15.2 Å². The highest BCUT2D eigenvalue weighted by molar-refractivity contribution is 9.10. The van der Waals surface area contributed by atoms with Gasteiger partial charge in [0.1, 0.15) is 10.6 Å². The lowest BCUT2D eigenvalue weighted by molar-refractivity contribution is -0.383. The van der Waals surface area contributed by atoms with Gasteiger partial charge in [-0.2, -0.15) is 0 Å². The molecule has 7 heteroatoms. The van der Waals surface area contributed by atoms with Gasteiger partial charge in [0.05, 0.1) is 4.92 Å². The Hall–Kier alpha value is -1.73. The van der Waals surface area contributed by atoms with Crippen molar-refractivity contribution in [1.82, 2.24) is 0 Å². The first-order valence-electron chi connectivity index (χ1n) is 5.28. The molecule has 2 aromatic rings. The van der Waals surface area contributed by atoms with E-state index in [1.807, 2.05) is 0 Å². The molecule has 0 unspecified atom stereocenters. The number of nitrogens with one attached hydrogen (secondary N) is 1. The molecule has 1 aromatic carbocycles. The summed E-state index contributed by atoms with van der Waals surface area (Å²) >= 11 is 4.52. The molecular weight excluding hydrogens is 332 g/mol. The minimum Gasteiger partial charge on any atom is -0.315 e. The zero-order chi connectivity index (χ0) is 14.0. The third-order valence-electron chi connectivity index (χ3n) is 2.42. The van der Waals surface area contributed by atoms with Gasteiger partial charge < -0.3 is 5.32 Å². The molecule has 0 aliphatic heterocycles. The van der Waals surface area contributed by atoms with Gasteiger partial charge in [-0.3, -0.25) is 14.9 Å². The average molecular weight is 341 g/mol. The number of aryl methyl sites for hydroxylation is 1. The molecule has 1 N–H and O–H groups in total. The highest BCUT2D eigenvalue weighted by Crippen LogP contribution is 2.28. The van der Waals surface area contributed by atoms with Crippen LogP contribution in [0.2, 0.25) is 0 Å². The smallest absolute Gasteiger partial charge is 0.292 e. The van der Waals surface area contributed by atoms with Crippen LogP contribution in [0.4, 0.5) is 11.4 Å². The molecule has 19 heavy (non-hydrogen) atoms. The number of nitro benzene ring substituents is 1. The van der Waals surface area contributed by atoms with E-state index in [-0.39, 0.29) is 17.3 Å². The molecule has 0 saturated heterocycles. The maximum absolute atomic E-state index is 12.0. The lowest BCUT2D eigenvalue weighted by Gasteiger charge is -2.06. The minimum absolute atomic E-state index is 0.119. The van der Waals surface area contributed by atoms with E-state index < -0.39 is 4.92 Å². The number of hydrogen-bond donors (Lipinski definition) is 1. The average Bonchev–Trinajstić information content (AvgIpc) is 2.75. The summed E-state index contributed by atoms with van der Waals surface area (Å²) < 4.78 is 0.672. The molecule has 0 radical (unpaired) electrons. The van der Waals surface area contributed by atoms with E-state index in [1.165, 1.54) is 17.4 Å². The molecule has 0 fully saturated rings. The number of nitrogens with zero attached hydrogens (tertiary/aromatic N) is 1. The molecule has 1 amide bonds. The van der Waals surface area contributed by atoms with Crippen molar-refractivity contribution in [2.45, 2.75) is 6.92 Å². The van der Waals surface area contributed by atoms with E-state index in [4.69, 9.17) is 0 Å². The summed E-state index contributed by atoms with van der Waals surface area (Å²) in [6.45, 7) is 1.81. The van der Waals surface area contributed by atoms with Crippen LogP contribution in [0.3, 0.4) is 0 Å². The molecule has 0 aliphatic rings. The zero-order valence-electron chi connectivity index (χ0n) is 9.84. The Morgan fingerprint density at radius 1 is 1.42 bits per heavy atom. The van der Waals surface area contributed by atoms with Gasteiger partial charge in [0, 0.05) is 10.5 Å². The molecule has 1 aromatic heterocycles. The van der Waals surface area contributed by atoms with Crippen LogP contribution in [0.5, 0.6) is 0 Å². The monoisotopic (exact) mass is 340 g/mol. The molecule has 0 bridgehead atoms. The van der Waals surface area contributed by atoms with Crippen LogP contribution in [0.25, 0.3) is 0 Å². The molecule has 0 atom stereocenters. The summed E-state index contributed by atoms with van der Waals surface area (Å²) in [6, 6.07) is 6.35. The maximum atomic E-state index is 12.0. The van der Waals surface area contributed by atoms with Gasteiger partial charge in [-0.15, -0.1) is 11.3 Å². The highest BCUT2D eigenvalue weighted by Gasteiger charge is 2.18. The maximum Gasteiger partial charge on any atom is 0.292 e. The van der Waals surface area contributed by atoms with E-state index in [9.17, 15) is 14.9 Å². The van der Waals surface area contributed by atoms with Gasteiger partial charge in [0.25, 0.3) is 11.6 Å². The van der Waals surface area contributed by atoms with E-state index in [0.717, 1.165) is 5.56 Å². The van der Waals surface area contributed by atoms with E-state index in [2.05, 4.69) is 21.2 Å². The lowest BCUT2D eigenvalue weighted by Crippen LogP contribution is -2.12. The number of carbonyl (C=O) groups excluding carboxylic acids is 1. The van der Waals surface area contributed by atoms with Gasteiger partial charge in [-0.1, -0.05) is 6.07 Å². The van der Waals surface area contributed by atoms with E-state index in [1.54, 1.807) is 30.5 Å². The van der Waals surface area contributed by atoms with Crippen molar-refractivity contribution in [1.29, 1.82) is 0 Å². The number of nitro groups is 1. The Labute approximate surface area is 121 Å². The van der Waals surface area contributed by atoms with Crippen molar-refractivity contribution in [2.24, 2.45) is 0 Å². The SMILES string of the molecule is Cc1ccc([N+](=O)[O-])c(NC(=O)c2sccc2Br)c1. The lowest BCUT2D eigenvalue weighted by atomic mass is 10.2. The summed E-state index contributed by atoms with van der Waals surface area (Å²) in [5, 5.41) is 15.3. The molecule has 0 saturated carbocycles. The predicted molar refractivity (Wildman–Crippen MR) is 77.8 cm³/mol. The van der Waals surface area contributed by atoms with Gasteiger partial charge in [-0.25, -0.2) is 0 Å². The fraction of sp³-hybridized carbons (Fsp3) is 0.0833. The summed E-state index contributed by atoms with van der Waals surface area (Å²) in [5.41, 5.74) is 0.924. The van der Waals surface area contributed by atoms with Gasteiger partial charge in [0.15, 0.2) is 0 Å². The Kier molecular flexibility index (Phi) is 3.96. The van der Waals surface area contributed by atoms with Crippen LogP contribution in [0.15, 0.2) is 34.1 Å². The molecule has 0 aliphatic carbocycles. The van der Waals surface area contributed by atoms with Gasteiger partial charge >= 0.3 is 0 Å². The number of thiophene rings is 1. The number of amides is 1. The first kappa shape index (κ1) is 13.7. The van der Waals surface area contributed by atoms with Gasteiger partial charge in [-0.05, 0) is 45.9 Å². The Morgan fingerprint density at radius 2 is 2.16 bits per heavy atom. The molecule has 5 nitrogen and oxygen atoms in total. The largest absolute Gasteiger partial charge is 0.315 e. The number of halogens is 1. The number of carbonyl (C=O) groups is 1. The molecular formula is C12H9BrN2O3S. The number of anilines is 1. The van der Waals surface area contributed by atoms with Crippen LogP contribution < -0.4 is 5.32 Å². The van der Waals surface area contributed by atoms with E-state index in [0.29, 0.717) is 9.35 Å². The first-order chi connectivity index (χ1) is 8.99. The Morgan fingerprint density at radius 3 is 2.74 bits per heavy atom. The Balaban J connectivity index is 2.33. The van der Waals surface area contributed by atoms with Crippen molar-refractivity contribution >= 4 is 44.5 Å². The molecule has 2 rings (SSSR count). The molecule has 1 heterocycles. The normalized spacial score (nSPS) is 10.2. The second-order valence-corrected chi connectivity index (χ2v) is 5.60.